The van der Waals surface area contributed by atoms with Crippen LogP contribution in [-0.2, 0) is 6.18 Å². The lowest BCUT2D eigenvalue weighted by molar-refractivity contribution is -0.144. The van der Waals surface area contributed by atoms with Crippen molar-refractivity contribution in [1.82, 2.24) is 14.8 Å². The van der Waals surface area contributed by atoms with Crippen molar-refractivity contribution < 1.29 is 13.2 Å². The highest BCUT2D eigenvalue weighted by Crippen LogP contribution is 2.32. The van der Waals surface area contributed by atoms with Gasteiger partial charge < -0.3 is 4.90 Å². The van der Waals surface area contributed by atoms with Gasteiger partial charge in [0.25, 0.3) is 5.82 Å². The Morgan fingerprint density at radius 3 is 2.30 bits per heavy atom. The molecule has 23 heavy (non-hydrogen) atoms. The van der Waals surface area contributed by atoms with Crippen LogP contribution in [0.15, 0.2) is 17.0 Å². The van der Waals surface area contributed by atoms with Crippen LogP contribution >= 0.6 is 12.6 Å². The normalized spacial score (nSPS) is 12.1. The van der Waals surface area contributed by atoms with Crippen LogP contribution in [0.3, 0.4) is 0 Å². The second-order valence-electron chi connectivity index (χ2n) is 5.89. The maximum Gasteiger partial charge on any atom is 0.453 e. The maximum absolute atomic E-state index is 12.9. The van der Waals surface area contributed by atoms with Crippen molar-refractivity contribution in [3.8, 4) is 5.69 Å². The number of alkyl halides is 3. The molecule has 1 aromatic heterocycles. The third-order valence-electron chi connectivity index (χ3n) is 3.44. The van der Waals surface area contributed by atoms with Crippen LogP contribution in [0.4, 0.5) is 19.1 Å². The number of benzene rings is 1. The van der Waals surface area contributed by atoms with Gasteiger partial charge in [-0.3, -0.25) is 0 Å². The van der Waals surface area contributed by atoms with E-state index in [-0.39, 0.29) is 11.9 Å². The molecule has 0 atom stereocenters. The van der Waals surface area contributed by atoms with Crippen molar-refractivity contribution in [2.24, 2.45) is 0 Å². The molecule has 4 nitrogen and oxygen atoms in total. The summed E-state index contributed by atoms with van der Waals surface area (Å²) in [5.74, 6) is -0.773. The van der Waals surface area contributed by atoms with E-state index in [9.17, 15) is 13.2 Å². The lowest BCUT2D eigenvalue weighted by Crippen LogP contribution is -2.16. The molecule has 0 aliphatic heterocycles. The maximum atomic E-state index is 12.9. The highest BCUT2D eigenvalue weighted by Gasteiger charge is 2.37. The number of aryl methyl sites for hydroxylation is 1. The van der Waals surface area contributed by atoms with Crippen LogP contribution in [-0.4, -0.2) is 28.9 Å². The molecule has 0 saturated heterocycles. The molecule has 0 unspecified atom stereocenters. The van der Waals surface area contributed by atoms with Crippen LogP contribution in [0.5, 0.6) is 0 Å². The lowest BCUT2D eigenvalue weighted by Gasteiger charge is -2.17. The molecule has 0 radical (unpaired) electrons. The molecule has 8 heteroatoms. The first-order chi connectivity index (χ1) is 10.5. The standard InChI is InChI=1S/C15H19F3N4S/c1-8(2)10-6-9(3)11(7-12(10)23)22-14(21(4)5)19-13(20-22)15(16,17)18/h6-8,23H,1-5H3. The monoisotopic (exact) mass is 344 g/mol. The molecule has 0 N–H and O–H groups in total. The van der Waals surface area contributed by atoms with E-state index in [0.717, 1.165) is 16.0 Å². The summed E-state index contributed by atoms with van der Waals surface area (Å²) in [6.07, 6.45) is -4.59. The minimum atomic E-state index is -4.59. The van der Waals surface area contributed by atoms with Gasteiger partial charge in [-0.15, -0.1) is 17.7 Å². The van der Waals surface area contributed by atoms with Gasteiger partial charge in [0.2, 0.25) is 5.95 Å². The van der Waals surface area contributed by atoms with Crippen molar-refractivity contribution >= 4 is 18.6 Å². The fraction of sp³-hybridized carbons (Fsp3) is 0.467. The van der Waals surface area contributed by atoms with E-state index in [1.807, 2.05) is 26.8 Å². The van der Waals surface area contributed by atoms with Crippen LogP contribution < -0.4 is 4.90 Å². The van der Waals surface area contributed by atoms with Gasteiger partial charge in [0.05, 0.1) is 5.69 Å². The van der Waals surface area contributed by atoms with E-state index < -0.39 is 12.0 Å². The van der Waals surface area contributed by atoms with Gasteiger partial charge >= 0.3 is 6.18 Å². The summed E-state index contributed by atoms with van der Waals surface area (Å²) in [6, 6.07) is 3.66. The molecule has 0 amide bonds. The van der Waals surface area contributed by atoms with Crippen LogP contribution in [0.2, 0.25) is 0 Å². The third kappa shape index (κ3) is 3.46. The average Bonchev–Trinajstić information content (AvgIpc) is 2.85. The Kier molecular flexibility index (Phi) is 4.66. The van der Waals surface area contributed by atoms with Crippen LogP contribution in [0, 0.1) is 6.92 Å². The quantitative estimate of drug-likeness (QED) is 0.852. The van der Waals surface area contributed by atoms with E-state index in [2.05, 4.69) is 22.7 Å². The SMILES string of the molecule is Cc1cc(C(C)C)c(S)cc1-n1nc(C(F)(F)F)nc1N(C)C. The fourth-order valence-corrected chi connectivity index (χ4v) is 2.72. The first-order valence-corrected chi connectivity index (χ1v) is 7.52. The summed E-state index contributed by atoms with van der Waals surface area (Å²) >= 11 is 4.46. The number of aromatic nitrogens is 3. The highest BCUT2D eigenvalue weighted by molar-refractivity contribution is 7.80. The van der Waals surface area contributed by atoms with E-state index >= 15 is 0 Å². The highest BCUT2D eigenvalue weighted by atomic mass is 32.1. The van der Waals surface area contributed by atoms with Gasteiger partial charge in [0.1, 0.15) is 0 Å². The minimum absolute atomic E-state index is 0.116. The molecule has 0 aliphatic rings. The number of hydrogen-bond acceptors (Lipinski definition) is 4. The Morgan fingerprint density at radius 1 is 1.22 bits per heavy atom. The smallest absolute Gasteiger partial charge is 0.347 e. The minimum Gasteiger partial charge on any atom is -0.347 e. The molecule has 0 spiro atoms. The van der Waals surface area contributed by atoms with Crippen molar-refractivity contribution in [2.45, 2.75) is 37.8 Å². The molecule has 2 rings (SSSR count). The van der Waals surface area contributed by atoms with Gasteiger partial charge in [-0.1, -0.05) is 19.9 Å². The third-order valence-corrected chi connectivity index (χ3v) is 3.83. The molecule has 0 fully saturated rings. The van der Waals surface area contributed by atoms with Crippen molar-refractivity contribution in [3.05, 3.63) is 29.1 Å². The zero-order valence-electron chi connectivity index (χ0n) is 13.6. The number of anilines is 1. The second kappa shape index (κ2) is 6.07. The van der Waals surface area contributed by atoms with Gasteiger partial charge in [-0.2, -0.15) is 22.8 Å². The zero-order chi connectivity index (χ0) is 17.5. The van der Waals surface area contributed by atoms with Crippen LogP contribution in [0.25, 0.3) is 5.69 Å². The Balaban J connectivity index is 2.66. The van der Waals surface area contributed by atoms with E-state index in [4.69, 9.17) is 0 Å². The van der Waals surface area contributed by atoms with Gasteiger partial charge in [-0.05, 0) is 30.0 Å². The van der Waals surface area contributed by atoms with E-state index in [1.54, 1.807) is 20.2 Å². The van der Waals surface area contributed by atoms with Crippen molar-refractivity contribution in [1.29, 1.82) is 0 Å². The number of rotatable bonds is 3. The Labute approximate surface area is 138 Å². The molecule has 1 heterocycles. The lowest BCUT2D eigenvalue weighted by atomic mass is 10.00. The summed E-state index contributed by atoms with van der Waals surface area (Å²) in [6.45, 7) is 5.91. The predicted octanol–water partition coefficient (Wildman–Crippen LogP) is 4.07. The summed E-state index contributed by atoms with van der Waals surface area (Å²) in [5.41, 5.74) is 2.39. The Hall–Kier alpha value is -1.70. The average molecular weight is 344 g/mol. The number of nitrogens with zero attached hydrogens (tertiary/aromatic N) is 4. The number of hydrogen-bond donors (Lipinski definition) is 1. The molecule has 0 bridgehead atoms. The summed E-state index contributed by atoms with van der Waals surface area (Å²) in [7, 11) is 3.25. The molecule has 0 aliphatic carbocycles. The second-order valence-corrected chi connectivity index (χ2v) is 6.37. The van der Waals surface area contributed by atoms with E-state index in [1.165, 1.54) is 9.58 Å². The Bertz CT molecular complexity index is 720. The number of halogens is 3. The molecule has 126 valence electrons. The van der Waals surface area contributed by atoms with Gasteiger partial charge in [0.15, 0.2) is 0 Å². The molecular weight excluding hydrogens is 325 g/mol. The fourth-order valence-electron chi connectivity index (χ4n) is 2.27. The Morgan fingerprint density at radius 2 is 1.83 bits per heavy atom. The molecule has 1 aromatic carbocycles. The van der Waals surface area contributed by atoms with Gasteiger partial charge in [-0.25, -0.2) is 0 Å². The first-order valence-electron chi connectivity index (χ1n) is 7.07. The van der Waals surface area contributed by atoms with E-state index in [0.29, 0.717) is 5.69 Å². The molecule has 2 aromatic rings. The number of thiol groups is 1. The van der Waals surface area contributed by atoms with Crippen molar-refractivity contribution in [2.75, 3.05) is 19.0 Å². The first kappa shape index (κ1) is 17.7. The predicted molar refractivity (Wildman–Crippen MR) is 86.8 cm³/mol. The topological polar surface area (TPSA) is 34.0 Å². The zero-order valence-corrected chi connectivity index (χ0v) is 14.5. The summed E-state index contributed by atoms with van der Waals surface area (Å²) in [4.78, 5) is 5.83. The van der Waals surface area contributed by atoms with Crippen LogP contribution in [0.1, 0.15) is 36.7 Å². The molecule has 0 saturated carbocycles. The largest absolute Gasteiger partial charge is 0.453 e. The molecular formula is C15H19F3N4S. The summed E-state index contributed by atoms with van der Waals surface area (Å²) < 4.78 is 40.0. The van der Waals surface area contributed by atoms with Crippen molar-refractivity contribution in [3.63, 3.8) is 0 Å². The summed E-state index contributed by atoms with van der Waals surface area (Å²) in [5, 5.41) is 3.65. The van der Waals surface area contributed by atoms with Gasteiger partial charge in [0, 0.05) is 19.0 Å².